The number of aryl methyl sites for hydroxylation is 1. The molecule has 6 aromatic rings. The number of pyridine rings is 1. The molecule has 1 atom stereocenters. The van der Waals surface area contributed by atoms with Gasteiger partial charge in [0.25, 0.3) is 0 Å². The van der Waals surface area contributed by atoms with Crippen molar-refractivity contribution >= 4 is 21.4 Å². The minimum absolute atomic E-state index is 0.220. The van der Waals surface area contributed by atoms with Crippen molar-refractivity contribution < 1.29 is 9.47 Å². The first-order chi connectivity index (χ1) is 19.5. The molecule has 8 heteroatoms. The van der Waals surface area contributed by atoms with E-state index < -0.39 is 5.54 Å². The number of nitrogens with zero attached hydrogens (tertiary/aromatic N) is 4. The van der Waals surface area contributed by atoms with Crippen LogP contribution in [0.1, 0.15) is 21.7 Å². The summed E-state index contributed by atoms with van der Waals surface area (Å²) in [6.07, 6.45) is 7.21. The van der Waals surface area contributed by atoms with Crippen LogP contribution in [0.3, 0.4) is 0 Å². The second-order valence-corrected chi connectivity index (χ2v) is 10.8. The summed E-state index contributed by atoms with van der Waals surface area (Å²) in [6, 6.07) is 26.3. The van der Waals surface area contributed by atoms with Gasteiger partial charge in [0, 0.05) is 40.0 Å². The van der Waals surface area contributed by atoms with Crippen molar-refractivity contribution in [1.82, 2.24) is 14.5 Å². The number of hydrogen-bond donors (Lipinski definition) is 1. The van der Waals surface area contributed by atoms with Crippen LogP contribution >= 0.6 is 11.3 Å². The smallest absolute Gasteiger partial charge is 0.231 e. The first-order valence-corrected chi connectivity index (χ1v) is 13.5. The minimum atomic E-state index is -0.996. The Morgan fingerprint density at radius 2 is 1.77 bits per heavy atom. The summed E-state index contributed by atoms with van der Waals surface area (Å²) in [7, 11) is 1.94. The van der Waals surface area contributed by atoms with Gasteiger partial charge >= 0.3 is 0 Å². The van der Waals surface area contributed by atoms with Crippen molar-refractivity contribution in [2.24, 2.45) is 12.8 Å². The van der Waals surface area contributed by atoms with Gasteiger partial charge in [0.15, 0.2) is 11.5 Å². The van der Waals surface area contributed by atoms with Crippen LogP contribution in [0.2, 0.25) is 0 Å². The average Bonchev–Trinajstić information content (AvgIpc) is 3.76. The zero-order chi connectivity index (χ0) is 27.3. The van der Waals surface area contributed by atoms with Gasteiger partial charge in [-0.25, -0.2) is 4.98 Å². The fourth-order valence-corrected chi connectivity index (χ4v) is 6.56. The molecule has 0 saturated heterocycles. The fraction of sp³-hybridized carbons (Fsp3) is 0.0938. The van der Waals surface area contributed by atoms with E-state index in [0.717, 1.165) is 60.0 Å². The van der Waals surface area contributed by atoms with Gasteiger partial charge in [0.1, 0.15) is 5.54 Å². The third-order valence-electron chi connectivity index (χ3n) is 7.39. The summed E-state index contributed by atoms with van der Waals surface area (Å²) in [4.78, 5) is 9.69. The molecule has 1 unspecified atom stereocenters. The monoisotopic (exact) mass is 541 g/mol. The number of fused-ring (bicyclic) bond motifs is 2. The second-order valence-electron chi connectivity index (χ2n) is 9.74. The summed E-state index contributed by atoms with van der Waals surface area (Å²) in [5.41, 5.74) is 12.9. The molecule has 0 spiro atoms. The van der Waals surface area contributed by atoms with Gasteiger partial charge in [-0.3, -0.25) is 4.98 Å². The Hall–Kier alpha value is -4.97. The molecule has 3 aromatic heterocycles. The third-order valence-corrected chi connectivity index (χ3v) is 8.61. The highest BCUT2D eigenvalue weighted by atomic mass is 32.1. The van der Waals surface area contributed by atoms with Crippen LogP contribution in [0.15, 0.2) is 97.7 Å². The van der Waals surface area contributed by atoms with Crippen LogP contribution in [0.5, 0.6) is 11.5 Å². The van der Waals surface area contributed by atoms with Crippen molar-refractivity contribution in [3.8, 4) is 39.8 Å². The van der Waals surface area contributed by atoms with Crippen LogP contribution in [0.4, 0.5) is 0 Å². The quantitative estimate of drug-likeness (QED) is 0.278. The van der Waals surface area contributed by atoms with Crippen molar-refractivity contribution in [3.05, 3.63) is 119 Å². The number of benzene rings is 3. The Labute approximate surface area is 234 Å². The van der Waals surface area contributed by atoms with Crippen LogP contribution in [0, 0.1) is 11.3 Å². The van der Waals surface area contributed by atoms with E-state index in [1.807, 2.05) is 54.3 Å². The fourth-order valence-electron chi connectivity index (χ4n) is 5.30. The Balaban J connectivity index is 1.49. The molecule has 2 N–H and O–H groups in total. The van der Waals surface area contributed by atoms with E-state index in [9.17, 15) is 5.26 Å². The average molecular weight is 542 g/mol. The van der Waals surface area contributed by atoms with Crippen molar-refractivity contribution in [1.29, 1.82) is 5.26 Å². The Morgan fingerprint density at radius 1 is 0.925 bits per heavy atom. The normalized spacial score (nSPS) is 13.7. The summed E-state index contributed by atoms with van der Waals surface area (Å²) in [6.45, 7) is 0.220. The van der Waals surface area contributed by atoms with Crippen LogP contribution in [-0.2, 0) is 12.6 Å². The lowest BCUT2D eigenvalue weighted by Gasteiger charge is -2.29. The predicted octanol–water partition coefficient (Wildman–Crippen LogP) is 6.21. The lowest BCUT2D eigenvalue weighted by Crippen LogP contribution is -2.40. The second kappa shape index (κ2) is 9.35. The summed E-state index contributed by atoms with van der Waals surface area (Å²) >= 11 is 1.65. The molecule has 0 radical (unpaired) electrons. The molecule has 4 heterocycles. The van der Waals surface area contributed by atoms with Crippen molar-refractivity contribution in [2.75, 3.05) is 6.79 Å². The maximum Gasteiger partial charge on any atom is 0.231 e. The zero-order valence-electron chi connectivity index (χ0n) is 21.5. The number of aromatic nitrogens is 3. The summed E-state index contributed by atoms with van der Waals surface area (Å²) in [5, 5.41) is 10.5. The first-order valence-electron chi connectivity index (χ1n) is 12.7. The number of nitriles is 1. The summed E-state index contributed by atoms with van der Waals surface area (Å²) in [5.74, 6) is 1.47. The van der Waals surface area contributed by atoms with Crippen LogP contribution in [-0.4, -0.2) is 21.3 Å². The highest BCUT2D eigenvalue weighted by molar-refractivity contribution is 7.19. The molecular weight excluding hydrogens is 518 g/mol. The molecule has 7 nitrogen and oxygen atoms in total. The van der Waals surface area contributed by atoms with Gasteiger partial charge in [-0.1, -0.05) is 24.3 Å². The molecule has 1 aliphatic rings. The van der Waals surface area contributed by atoms with Gasteiger partial charge in [-0.2, -0.15) is 5.26 Å². The topological polar surface area (TPSA) is 99.0 Å². The van der Waals surface area contributed by atoms with E-state index in [-0.39, 0.29) is 6.79 Å². The Kier molecular flexibility index (Phi) is 5.63. The van der Waals surface area contributed by atoms with Crippen LogP contribution in [0.25, 0.3) is 32.3 Å². The molecule has 0 fully saturated rings. The summed E-state index contributed by atoms with van der Waals surface area (Å²) < 4.78 is 14.3. The maximum absolute atomic E-state index is 9.37. The maximum atomic E-state index is 9.37. The standard InChI is InChI=1S/C32H23N5O2S/c1-37-18-36-17-30(37)32(34,24-7-4-20(15-33)5-8-24)31-14-26-25(21-6-9-27-28(12-21)39-19-38-27)11-23(13-29(26)40-31)22-3-2-10-35-16-22/h2-14,16-18H,19,34H2,1H3. The number of nitrogens with two attached hydrogens (primary N) is 1. The van der Waals surface area contributed by atoms with Crippen LogP contribution < -0.4 is 15.2 Å². The van der Waals surface area contributed by atoms with Gasteiger partial charge in [-0.15, -0.1) is 11.3 Å². The van der Waals surface area contributed by atoms with Gasteiger partial charge < -0.3 is 19.8 Å². The predicted molar refractivity (Wildman–Crippen MR) is 155 cm³/mol. The number of imidazole rings is 1. The lowest BCUT2D eigenvalue weighted by molar-refractivity contribution is 0.174. The van der Waals surface area contributed by atoms with Crippen molar-refractivity contribution in [3.63, 3.8) is 0 Å². The number of rotatable bonds is 5. The molecule has 0 amide bonds. The van der Waals surface area contributed by atoms with E-state index in [1.165, 1.54) is 0 Å². The molecule has 194 valence electrons. The highest BCUT2D eigenvalue weighted by Crippen LogP contribution is 2.46. The number of thiophene rings is 1. The molecule has 7 rings (SSSR count). The largest absolute Gasteiger partial charge is 0.454 e. The molecule has 1 aliphatic heterocycles. The van der Waals surface area contributed by atoms with Crippen molar-refractivity contribution in [2.45, 2.75) is 5.54 Å². The minimum Gasteiger partial charge on any atom is -0.454 e. The molecule has 3 aromatic carbocycles. The van der Waals surface area contributed by atoms with Gasteiger partial charge in [0.2, 0.25) is 6.79 Å². The third kappa shape index (κ3) is 3.83. The van der Waals surface area contributed by atoms with E-state index in [1.54, 1.807) is 36.0 Å². The van der Waals surface area contributed by atoms with E-state index in [4.69, 9.17) is 15.2 Å². The molecule has 0 bridgehead atoms. The van der Waals surface area contributed by atoms with E-state index in [2.05, 4.69) is 46.4 Å². The van der Waals surface area contributed by atoms with E-state index >= 15 is 0 Å². The number of ether oxygens (including phenoxy) is 2. The van der Waals surface area contributed by atoms with Gasteiger partial charge in [0.05, 0.1) is 29.9 Å². The molecule has 0 saturated carbocycles. The molecular formula is C32H23N5O2S. The highest BCUT2D eigenvalue weighted by Gasteiger charge is 2.36. The van der Waals surface area contributed by atoms with E-state index in [0.29, 0.717) is 5.56 Å². The van der Waals surface area contributed by atoms with Gasteiger partial charge in [-0.05, 0) is 70.8 Å². The SMILES string of the molecule is Cn1cncc1C(N)(c1ccc(C#N)cc1)c1cc2c(-c3ccc4c(c3)OCO4)cc(-c3cccnc3)cc2s1. The Bertz CT molecular complexity index is 1920. The number of hydrogen-bond acceptors (Lipinski definition) is 7. The lowest BCUT2D eigenvalue weighted by atomic mass is 9.85. The molecule has 40 heavy (non-hydrogen) atoms. The Morgan fingerprint density at radius 3 is 2.52 bits per heavy atom. The first kappa shape index (κ1) is 24.1. The molecule has 0 aliphatic carbocycles. The zero-order valence-corrected chi connectivity index (χ0v) is 22.4.